The van der Waals surface area contributed by atoms with Gasteiger partial charge in [-0.3, -0.25) is 28.5 Å². The molecule has 3 aromatic heterocycles. The fourth-order valence-electron chi connectivity index (χ4n) is 9.00. The molecule has 4 N–H and O–H groups in total. The zero-order valence-electron chi connectivity index (χ0n) is 60.3. The second-order valence-electron chi connectivity index (χ2n) is 27.9. The number of anilines is 4. The molecular formula is C72H79BrCl3F4N9O13S4. The van der Waals surface area contributed by atoms with Gasteiger partial charge in [-0.15, -0.1) is 0 Å². The molecule has 0 atom stereocenters. The summed E-state index contributed by atoms with van der Waals surface area (Å²) in [6.07, 6.45) is -4.58. The van der Waals surface area contributed by atoms with Crippen LogP contribution in [0.2, 0.25) is 15.1 Å². The molecule has 0 aliphatic carbocycles. The summed E-state index contributed by atoms with van der Waals surface area (Å²) >= 11 is 20.7. The predicted molar refractivity (Wildman–Crippen MR) is 405 cm³/mol. The van der Waals surface area contributed by atoms with Crippen LogP contribution < -0.4 is 21.3 Å². The number of carbonyl (C=O) groups excluding carboxylic acids is 4. The molecule has 3 heterocycles. The molecular weight excluding hydrogens is 1590 g/mol. The van der Waals surface area contributed by atoms with Crippen LogP contribution in [0, 0.1) is 5.82 Å². The highest BCUT2D eigenvalue weighted by Gasteiger charge is 2.47. The number of halogens is 8. The molecule has 0 fully saturated rings. The van der Waals surface area contributed by atoms with Crippen molar-refractivity contribution in [3.63, 3.8) is 0 Å². The lowest BCUT2D eigenvalue weighted by molar-refractivity contribution is -0.137. The Kier molecular flexibility index (Phi) is 26.7. The van der Waals surface area contributed by atoms with Crippen molar-refractivity contribution in [1.82, 2.24) is 24.7 Å². The normalized spacial score (nSPS) is 12.6. The number of hydrogen-bond donors (Lipinski definition) is 4. The highest BCUT2D eigenvalue weighted by molar-refractivity contribution is 9.10. The number of nitrogens with zero attached hydrogens (tertiary/aromatic N) is 5. The van der Waals surface area contributed by atoms with Gasteiger partial charge in [0.1, 0.15) is 41.3 Å². The van der Waals surface area contributed by atoms with Gasteiger partial charge in [0.15, 0.2) is 50.9 Å². The minimum Gasteiger partial charge on any atom is -0.354 e. The first kappa shape index (κ1) is 86.6. The molecule has 570 valence electrons. The number of para-hydroxylation sites is 1. The lowest BCUT2D eigenvalue weighted by Gasteiger charge is -2.24. The average Bonchev–Trinajstić information content (AvgIpc) is 0.843. The smallest absolute Gasteiger partial charge is 0.354 e. The van der Waals surface area contributed by atoms with Gasteiger partial charge in [-0.2, -0.15) is 23.4 Å². The van der Waals surface area contributed by atoms with Crippen molar-refractivity contribution in [2.75, 3.05) is 21.3 Å². The van der Waals surface area contributed by atoms with E-state index in [4.69, 9.17) is 39.3 Å². The van der Waals surface area contributed by atoms with Crippen LogP contribution in [0.4, 0.5) is 40.7 Å². The molecule has 0 unspecified atom stereocenters. The van der Waals surface area contributed by atoms with Crippen molar-refractivity contribution >= 4 is 137 Å². The number of rotatable bonds is 17. The van der Waals surface area contributed by atoms with E-state index < -0.39 is 104 Å². The van der Waals surface area contributed by atoms with Crippen molar-refractivity contribution in [1.29, 1.82) is 0 Å². The maximum absolute atomic E-state index is 14.2. The number of amides is 4. The van der Waals surface area contributed by atoms with Gasteiger partial charge in [-0.1, -0.05) is 140 Å². The van der Waals surface area contributed by atoms with E-state index in [1.165, 1.54) is 121 Å². The Balaban J connectivity index is 0.000000221. The summed E-state index contributed by atoms with van der Waals surface area (Å²) in [4.78, 5) is 49.9. The summed E-state index contributed by atoms with van der Waals surface area (Å²) in [7, 11) is -13.0. The molecule has 0 saturated carbocycles. The minimum absolute atomic E-state index is 0.0113. The molecule has 9 aromatic rings. The molecule has 4 amide bonds. The van der Waals surface area contributed by atoms with Gasteiger partial charge in [-0.25, -0.2) is 38.1 Å². The molecule has 0 radical (unpaired) electrons. The lowest BCUT2D eigenvalue weighted by atomic mass is 9.92. The summed E-state index contributed by atoms with van der Waals surface area (Å²) in [6, 6.07) is 38.6. The van der Waals surface area contributed by atoms with Crippen molar-refractivity contribution < 1.29 is 74.9 Å². The van der Waals surface area contributed by atoms with Crippen LogP contribution in [-0.4, -0.2) is 101 Å². The number of hydrogen-bond acceptors (Lipinski definition) is 16. The van der Waals surface area contributed by atoms with Crippen LogP contribution >= 0.6 is 50.7 Å². The molecule has 106 heavy (non-hydrogen) atoms. The van der Waals surface area contributed by atoms with E-state index in [0.717, 1.165) is 45.7 Å². The summed E-state index contributed by atoms with van der Waals surface area (Å²) < 4.78 is 157. The number of benzene rings is 6. The van der Waals surface area contributed by atoms with Crippen molar-refractivity contribution in [2.45, 2.75) is 153 Å². The highest BCUT2D eigenvalue weighted by Crippen LogP contribution is 2.37. The van der Waals surface area contributed by atoms with Crippen LogP contribution in [0.15, 0.2) is 192 Å². The molecule has 6 aromatic carbocycles. The number of aromatic nitrogens is 5. The van der Waals surface area contributed by atoms with E-state index in [0.29, 0.717) is 34.6 Å². The number of sulfone groups is 4. The monoisotopic (exact) mass is 1670 g/mol. The Hall–Kier alpha value is -8.30. The molecule has 22 nitrogen and oxygen atoms in total. The lowest BCUT2D eigenvalue weighted by Crippen LogP contribution is -2.45. The van der Waals surface area contributed by atoms with Crippen molar-refractivity contribution in [3.8, 4) is 11.3 Å². The summed E-state index contributed by atoms with van der Waals surface area (Å²) in [5.74, 6) is -2.56. The molecule has 34 heteroatoms. The maximum Gasteiger partial charge on any atom is 0.416 e. The Morgan fingerprint density at radius 2 is 0.830 bits per heavy atom. The van der Waals surface area contributed by atoms with Gasteiger partial charge in [-0.05, 0) is 159 Å². The third-order valence-electron chi connectivity index (χ3n) is 16.5. The third kappa shape index (κ3) is 19.7. The zero-order chi connectivity index (χ0) is 80.1. The molecule has 0 saturated heterocycles. The Bertz CT molecular complexity index is 5200. The van der Waals surface area contributed by atoms with E-state index in [2.05, 4.69) is 52.6 Å². The van der Waals surface area contributed by atoms with Crippen LogP contribution in [0.1, 0.15) is 114 Å². The van der Waals surface area contributed by atoms with Gasteiger partial charge in [0.05, 0.1) is 42.3 Å². The number of alkyl halides is 3. The average molecular weight is 1670 g/mol. The quantitative estimate of drug-likeness (QED) is 0.0616. The van der Waals surface area contributed by atoms with Gasteiger partial charge in [0, 0.05) is 63.2 Å². The standard InChI is InChI=1S/C19H17ClN2O4S.C18H24BrN3O3S.C18H23ClFN3O3S.C17H15ClF3NO3S/c1-19(2,27(24,25)15-10-8-14(20)9-11-15)18(23)21-17-12-16(26-22-17)13-6-4-3-5-7-13;1-17(2,3)14-11-15(22(6)21-14)20-16(23)18(4,5)26(24,25)13-9-7-12(19)8-10-13;1-17(2,3)14-10-15(23(6)22-14)21-16(24)18(4,5)27(25,26)13-8-7-11(19)9-12(13)20;1-16(2,15(23)22-14-6-4-3-5-13(14)18)26(24,25)12-9-7-11(8-10-12)17(19,20)21/h3-12H,1-2H3,(H,21,22,23);7-11H,1-6H3,(H,20,23);7-10H,1-6H3,(H,21,24);3-10H,1-2H3,(H,22,23). The summed E-state index contributed by atoms with van der Waals surface area (Å²) in [5, 5.41) is 23.5. The number of carbonyl (C=O) groups is 4. The first-order valence-electron chi connectivity index (χ1n) is 31.8. The van der Waals surface area contributed by atoms with Crippen molar-refractivity contribution in [3.05, 3.63) is 206 Å². The van der Waals surface area contributed by atoms with Gasteiger partial charge < -0.3 is 25.8 Å². The number of aryl methyl sites for hydroxylation is 2. The van der Waals surface area contributed by atoms with Crippen molar-refractivity contribution in [2.24, 2.45) is 14.1 Å². The SMILES string of the molecule is CC(C)(C(=O)Nc1cc(-c2ccccc2)on1)S(=O)(=O)c1ccc(Cl)cc1.CC(C)(C(=O)Nc1ccccc1Cl)S(=O)(=O)c1ccc(C(F)(F)F)cc1.Cn1nc(C(C)(C)C)cc1NC(=O)C(C)(C)S(=O)(=O)c1ccc(Br)cc1.Cn1nc(C(C)(C)C)cc1NC(=O)C(C)(C)S(=O)(=O)c1ccc(Cl)cc1F. The zero-order valence-corrected chi connectivity index (χ0v) is 67.4. The highest BCUT2D eigenvalue weighted by atomic mass is 79.9. The third-order valence-corrected chi connectivity index (χ3v) is 27.6. The van der Waals surface area contributed by atoms with E-state index in [1.807, 2.05) is 71.9 Å². The fourth-order valence-corrected chi connectivity index (χ4v) is 15.3. The molecule has 0 bridgehead atoms. The Labute approximate surface area is 637 Å². The van der Waals surface area contributed by atoms with Crippen LogP contribution in [0.25, 0.3) is 11.3 Å². The van der Waals surface area contributed by atoms with Crippen LogP contribution in [0.3, 0.4) is 0 Å². The second-order valence-corrected chi connectivity index (χ2v) is 40.0. The van der Waals surface area contributed by atoms with Crippen LogP contribution in [-0.2, 0) is 89.6 Å². The first-order chi connectivity index (χ1) is 48.5. The van der Waals surface area contributed by atoms with Gasteiger partial charge >= 0.3 is 6.18 Å². The summed E-state index contributed by atoms with van der Waals surface area (Å²) in [5.41, 5.74) is 1.17. The topological polar surface area (TPSA) is 315 Å². The predicted octanol–water partition coefficient (Wildman–Crippen LogP) is 16.1. The van der Waals surface area contributed by atoms with E-state index in [-0.39, 0.29) is 47.1 Å². The molecule has 0 aliphatic rings. The van der Waals surface area contributed by atoms with E-state index >= 15 is 0 Å². The van der Waals surface area contributed by atoms with Gasteiger partial charge in [0.25, 0.3) is 0 Å². The van der Waals surface area contributed by atoms with Gasteiger partial charge in [0.2, 0.25) is 23.6 Å². The molecule has 0 spiro atoms. The summed E-state index contributed by atoms with van der Waals surface area (Å²) in [6.45, 7) is 22.2. The molecule has 9 rings (SSSR count). The number of nitrogens with one attached hydrogen (secondary N) is 4. The van der Waals surface area contributed by atoms with E-state index in [1.54, 1.807) is 55.2 Å². The minimum atomic E-state index is -4.58. The fraction of sp³-hybridized carbons (Fsp3) is 0.319. The molecule has 0 aliphatic heterocycles. The maximum atomic E-state index is 14.2. The Morgan fingerprint density at radius 1 is 0.453 bits per heavy atom. The largest absolute Gasteiger partial charge is 0.416 e. The van der Waals surface area contributed by atoms with E-state index in [9.17, 15) is 70.4 Å². The van der Waals surface area contributed by atoms with Crippen LogP contribution in [0.5, 0.6) is 0 Å². The first-order valence-corrected chi connectivity index (χ1v) is 39.6. The Morgan fingerprint density at radius 3 is 1.24 bits per heavy atom. The second kappa shape index (κ2) is 32.6.